The molecule has 4 heterocycles. The zero-order valence-electron chi connectivity index (χ0n) is 16.3. The van der Waals surface area contributed by atoms with Gasteiger partial charge in [-0.2, -0.15) is 0 Å². The normalized spacial score (nSPS) is 19.8. The molecule has 3 aromatic heterocycles. The number of nitrogens with one attached hydrogen (secondary N) is 1. The van der Waals surface area contributed by atoms with Crippen LogP contribution < -0.4 is 5.32 Å². The van der Waals surface area contributed by atoms with Crippen molar-refractivity contribution in [3.8, 4) is 22.2 Å². The summed E-state index contributed by atoms with van der Waals surface area (Å²) in [4.78, 5) is 32.5. The van der Waals surface area contributed by atoms with Crippen molar-refractivity contribution < 1.29 is 9.53 Å². The molecule has 1 aliphatic rings. The third-order valence-electron chi connectivity index (χ3n) is 4.40. The van der Waals surface area contributed by atoms with E-state index < -0.39 is 0 Å². The molecule has 0 saturated carbocycles. The van der Waals surface area contributed by atoms with Gasteiger partial charge in [0.2, 0.25) is 5.91 Å². The second-order valence-electron chi connectivity index (χ2n) is 7.01. The van der Waals surface area contributed by atoms with Gasteiger partial charge in [0, 0.05) is 36.9 Å². The number of anilines is 1. The monoisotopic (exact) mass is 410 g/mol. The fraction of sp³-hybridized carbons (Fsp3) is 0.350. The molecule has 0 aromatic carbocycles. The highest BCUT2D eigenvalue weighted by Crippen LogP contribution is 2.25. The summed E-state index contributed by atoms with van der Waals surface area (Å²) in [6.45, 7) is 5.78. The van der Waals surface area contributed by atoms with E-state index in [-0.39, 0.29) is 24.7 Å². The summed E-state index contributed by atoms with van der Waals surface area (Å²) in [6.07, 6.45) is 3.63. The number of nitrogens with zero attached hydrogens (tertiary/aromatic N) is 5. The molecule has 150 valence electrons. The van der Waals surface area contributed by atoms with E-state index in [9.17, 15) is 4.79 Å². The molecular formula is C20H22N6O2S. The van der Waals surface area contributed by atoms with Crippen molar-refractivity contribution in [3.05, 3.63) is 42.0 Å². The number of rotatable bonds is 5. The topological polar surface area (TPSA) is 93.1 Å². The fourth-order valence-corrected chi connectivity index (χ4v) is 3.98. The van der Waals surface area contributed by atoms with Crippen molar-refractivity contribution >= 4 is 23.1 Å². The first kappa shape index (κ1) is 19.6. The summed E-state index contributed by atoms with van der Waals surface area (Å²) >= 11 is 1.48. The van der Waals surface area contributed by atoms with E-state index in [4.69, 9.17) is 4.74 Å². The quantitative estimate of drug-likeness (QED) is 0.691. The van der Waals surface area contributed by atoms with Crippen molar-refractivity contribution in [1.82, 2.24) is 24.8 Å². The maximum Gasteiger partial charge on any atom is 0.239 e. The Morgan fingerprint density at radius 3 is 2.69 bits per heavy atom. The van der Waals surface area contributed by atoms with Crippen LogP contribution >= 0.6 is 11.3 Å². The number of hydrogen-bond acceptors (Lipinski definition) is 8. The van der Waals surface area contributed by atoms with Gasteiger partial charge in [0.15, 0.2) is 5.82 Å². The molecule has 1 fully saturated rings. The lowest BCUT2D eigenvalue weighted by molar-refractivity contribution is -0.121. The van der Waals surface area contributed by atoms with Crippen LogP contribution in [0.1, 0.15) is 13.8 Å². The molecule has 0 spiro atoms. The van der Waals surface area contributed by atoms with Crippen molar-refractivity contribution in [3.63, 3.8) is 0 Å². The van der Waals surface area contributed by atoms with E-state index in [0.29, 0.717) is 23.0 Å². The minimum Gasteiger partial charge on any atom is -0.373 e. The zero-order valence-corrected chi connectivity index (χ0v) is 17.1. The average molecular weight is 411 g/mol. The molecule has 9 heteroatoms. The van der Waals surface area contributed by atoms with E-state index in [0.717, 1.165) is 18.1 Å². The van der Waals surface area contributed by atoms with Gasteiger partial charge in [0.25, 0.3) is 0 Å². The van der Waals surface area contributed by atoms with Crippen molar-refractivity contribution in [2.45, 2.75) is 26.1 Å². The van der Waals surface area contributed by atoms with E-state index in [1.54, 1.807) is 18.5 Å². The summed E-state index contributed by atoms with van der Waals surface area (Å²) in [5.41, 5.74) is 1.29. The molecule has 8 nitrogen and oxygen atoms in total. The Morgan fingerprint density at radius 2 is 2.00 bits per heavy atom. The lowest BCUT2D eigenvalue weighted by atomic mass is 10.2. The minimum atomic E-state index is -0.123. The van der Waals surface area contributed by atoms with Crippen LogP contribution in [0, 0.1) is 0 Å². The molecule has 3 aromatic rings. The van der Waals surface area contributed by atoms with Gasteiger partial charge in [0.05, 0.1) is 18.8 Å². The number of hydrogen-bond donors (Lipinski definition) is 1. The number of amides is 1. The van der Waals surface area contributed by atoms with Crippen LogP contribution in [0.15, 0.2) is 42.0 Å². The molecule has 0 radical (unpaired) electrons. The fourth-order valence-electron chi connectivity index (χ4n) is 3.38. The lowest BCUT2D eigenvalue weighted by Crippen LogP contribution is -2.48. The first-order chi connectivity index (χ1) is 14.1. The third-order valence-corrected chi connectivity index (χ3v) is 5.20. The number of aromatic nitrogens is 4. The maximum atomic E-state index is 12.7. The molecule has 2 unspecified atom stereocenters. The van der Waals surface area contributed by atoms with Gasteiger partial charge >= 0.3 is 0 Å². The molecule has 1 N–H and O–H groups in total. The number of carbonyl (C=O) groups is 1. The van der Waals surface area contributed by atoms with Crippen LogP contribution in [0.25, 0.3) is 22.2 Å². The van der Waals surface area contributed by atoms with Crippen molar-refractivity contribution in [1.29, 1.82) is 0 Å². The van der Waals surface area contributed by atoms with Crippen LogP contribution in [0.2, 0.25) is 0 Å². The number of carbonyl (C=O) groups excluding carboxylic acids is 1. The minimum absolute atomic E-state index is 0.109. The van der Waals surface area contributed by atoms with E-state index in [2.05, 4.69) is 30.2 Å². The number of pyridine rings is 1. The first-order valence-electron chi connectivity index (χ1n) is 9.45. The second-order valence-corrected chi connectivity index (χ2v) is 7.91. The Hall–Kier alpha value is -2.75. The summed E-state index contributed by atoms with van der Waals surface area (Å²) in [7, 11) is 0. The largest absolute Gasteiger partial charge is 0.373 e. The number of ether oxygens (including phenoxy) is 1. The molecule has 0 bridgehead atoms. The van der Waals surface area contributed by atoms with Crippen LogP contribution in [0.3, 0.4) is 0 Å². The Balaban J connectivity index is 1.56. The smallest absolute Gasteiger partial charge is 0.239 e. The maximum absolute atomic E-state index is 12.7. The Labute approximate surface area is 173 Å². The molecule has 1 aliphatic heterocycles. The Kier molecular flexibility index (Phi) is 5.89. The zero-order chi connectivity index (χ0) is 20.2. The Bertz CT molecular complexity index is 956. The summed E-state index contributed by atoms with van der Waals surface area (Å²) in [6, 6.07) is 7.29. The third kappa shape index (κ3) is 5.00. The molecule has 1 amide bonds. The lowest BCUT2D eigenvalue weighted by Gasteiger charge is -2.34. The molecule has 1 saturated heterocycles. The van der Waals surface area contributed by atoms with Crippen LogP contribution in [-0.2, 0) is 9.53 Å². The van der Waals surface area contributed by atoms with Gasteiger partial charge in [-0.1, -0.05) is 6.07 Å². The highest BCUT2D eigenvalue weighted by atomic mass is 32.1. The van der Waals surface area contributed by atoms with E-state index >= 15 is 0 Å². The van der Waals surface area contributed by atoms with E-state index in [1.807, 2.05) is 37.4 Å². The molecule has 4 rings (SSSR count). The standard InChI is InChI=1S/C20H22N6O2S/c1-13-10-26(11-14(2)28-13)12-18(27)24-17-9-16(20-22-7-8-29-20)23-19(25-17)15-5-3-4-6-21-15/h3-9,13-14H,10-12H2,1-2H3,(H,23,24,25,27). The van der Waals surface area contributed by atoms with Gasteiger partial charge in [0.1, 0.15) is 22.2 Å². The summed E-state index contributed by atoms with van der Waals surface area (Å²) in [5.74, 6) is 0.759. The highest BCUT2D eigenvalue weighted by Gasteiger charge is 2.24. The Morgan fingerprint density at radius 1 is 1.17 bits per heavy atom. The van der Waals surface area contributed by atoms with Crippen LogP contribution in [0.5, 0.6) is 0 Å². The van der Waals surface area contributed by atoms with Crippen molar-refractivity contribution in [2.24, 2.45) is 0 Å². The predicted molar refractivity (Wildman–Crippen MR) is 111 cm³/mol. The molecule has 0 aliphatic carbocycles. The van der Waals surface area contributed by atoms with Gasteiger partial charge < -0.3 is 10.1 Å². The highest BCUT2D eigenvalue weighted by molar-refractivity contribution is 7.13. The number of morpholine rings is 1. The first-order valence-corrected chi connectivity index (χ1v) is 10.3. The molecule has 29 heavy (non-hydrogen) atoms. The number of thiazole rings is 1. The van der Waals surface area contributed by atoms with Crippen LogP contribution in [-0.4, -0.2) is 62.6 Å². The summed E-state index contributed by atoms with van der Waals surface area (Å²) in [5, 5.41) is 5.55. The van der Waals surface area contributed by atoms with E-state index in [1.165, 1.54) is 11.3 Å². The van der Waals surface area contributed by atoms with Gasteiger partial charge in [-0.15, -0.1) is 11.3 Å². The van der Waals surface area contributed by atoms with Crippen molar-refractivity contribution in [2.75, 3.05) is 25.0 Å². The van der Waals surface area contributed by atoms with Gasteiger partial charge in [-0.25, -0.2) is 15.0 Å². The SMILES string of the molecule is CC1CN(CC(=O)Nc2cc(-c3nccs3)nc(-c3ccccn3)n2)CC(C)O1. The summed E-state index contributed by atoms with van der Waals surface area (Å²) < 4.78 is 5.73. The van der Waals surface area contributed by atoms with Gasteiger partial charge in [-0.05, 0) is 26.0 Å². The second kappa shape index (κ2) is 8.73. The van der Waals surface area contributed by atoms with Gasteiger partial charge in [-0.3, -0.25) is 14.7 Å². The van der Waals surface area contributed by atoms with Crippen LogP contribution in [0.4, 0.5) is 5.82 Å². The predicted octanol–water partition coefficient (Wildman–Crippen LogP) is 2.71. The molecular weight excluding hydrogens is 388 g/mol. The average Bonchev–Trinajstić information content (AvgIpc) is 3.22. The molecule has 2 atom stereocenters.